The van der Waals surface area contributed by atoms with Crippen LogP contribution in [-0.2, 0) is 6.42 Å². The van der Waals surface area contributed by atoms with E-state index in [9.17, 15) is 33.0 Å². The van der Waals surface area contributed by atoms with Crippen LogP contribution in [0, 0.1) is 17.5 Å². The van der Waals surface area contributed by atoms with E-state index in [-0.39, 0.29) is 18.2 Å². The lowest BCUT2D eigenvalue weighted by molar-refractivity contribution is 0.0693. The minimum absolute atomic E-state index is 0.0295. The topological polar surface area (TPSA) is 79.5 Å². The first-order valence-corrected chi connectivity index (χ1v) is 7.00. The molecule has 5 nitrogen and oxygen atoms in total. The maximum Gasteiger partial charge on any atom is 0.341 e. The fraction of sp³-hybridized carbons (Fsp3) is 0.333. The van der Waals surface area contributed by atoms with Crippen LogP contribution in [0.2, 0.25) is 0 Å². The van der Waals surface area contributed by atoms with E-state index in [1.54, 1.807) is 6.92 Å². The second kappa shape index (κ2) is 5.00. The molecule has 23 heavy (non-hydrogen) atoms. The summed E-state index contributed by atoms with van der Waals surface area (Å²) in [7, 11) is 0. The number of hydrogen-bond acceptors (Lipinski definition) is 3. The summed E-state index contributed by atoms with van der Waals surface area (Å²) < 4.78 is 42.8. The number of carboxylic acids is 1. The van der Waals surface area contributed by atoms with E-state index in [1.807, 2.05) is 0 Å². The van der Waals surface area contributed by atoms with Gasteiger partial charge >= 0.3 is 5.97 Å². The maximum atomic E-state index is 14.3. The van der Waals surface area contributed by atoms with Gasteiger partial charge in [-0.1, -0.05) is 6.92 Å². The predicted octanol–water partition coefficient (Wildman–Crippen LogP) is 2.72. The first-order valence-electron chi connectivity index (χ1n) is 7.00. The molecular weight excluding hydrogens is 315 g/mol. The molecule has 8 heteroatoms. The summed E-state index contributed by atoms with van der Waals surface area (Å²) in [5, 5.41) is 18.2. The summed E-state index contributed by atoms with van der Waals surface area (Å²) in [6.45, 7) is 1.57. The quantitative estimate of drug-likeness (QED) is 0.850. The van der Waals surface area contributed by atoms with E-state index < -0.39 is 51.1 Å². The lowest BCUT2D eigenvalue weighted by atomic mass is 10.0. The van der Waals surface area contributed by atoms with Gasteiger partial charge in [0.25, 0.3) is 0 Å². The molecule has 0 aliphatic heterocycles. The number of phenols is 1. The van der Waals surface area contributed by atoms with Crippen molar-refractivity contribution >= 4 is 16.9 Å². The zero-order valence-electron chi connectivity index (χ0n) is 12.0. The molecule has 1 saturated carbocycles. The molecule has 1 heterocycles. The van der Waals surface area contributed by atoms with Crippen molar-refractivity contribution in [1.82, 2.24) is 4.57 Å². The highest BCUT2D eigenvalue weighted by Crippen LogP contribution is 2.41. The van der Waals surface area contributed by atoms with Crippen LogP contribution < -0.4 is 5.43 Å². The fourth-order valence-corrected chi connectivity index (χ4v) is 2.89. The Morgan fingerprint density at radius 3 is 2.30 bits per heavy atom. The van der Waals surface area contributed by atoms with E-state index in [1.165, 1.54) is 4.57 Å². The number of halogens is 3. The Kier molecular flexibility index (Phi) is 3.35. The van der Waals surface area contributed by atoms with Crippen LogP contribution in [0.25, 0.3) is 10.9 Å². The molecule has 122 valence electrons. The Labute approximate surface area is 127 Å². The van der Waals surface area contributed by atoms with Crippen molar-refractivity contribution in [3.05, 3.63) is 38.9 Å². The first-order chi connectivity index (χ1) is 10.8. The lowest BCUT2D eigenvalue weighted by Crippen LogP contribution is -2.25. The number of aromatic carboxylic acids is 1. The molecule has 1 fully saturated rings. The lowest BCUT2D eigenvalue weighted by Gasteiger charge is -2.19. The molecule has 0 amide bonds. The number of hydrogen-bond donors (Lipinski definition) is 2. The van der Waals surface area contributed by atoms with Crippen molar-refractivity contribution in [2.45, 2.75) is 32.2 Å². The van der Waals surface area contributed by atoms with E-state index in [0.717, 1.165) is 0 Å². The van der Waals surface area contributed by atoms with Crippen LogP contribution in [0.15, 0.2) is 4.79 Å². The maximum absolute atomic E-state index is 14.3. The Morgan fingerprint density at radius 1 is 1.22 bits per heavy atom. The number of aromatic hydroxyl groups is 1. The third-order valence-corrected chi connectivity index (χ3v) is 4.01. The number of benzene rings is 1. The van der Waals surface area contributed by atoms with E-state index >= 15 is 0 Å². The van der Waals surface area contributed by atoms with Crippen LogP contribution in [0.4, 0.5) is 13.2 Å². The molecule has 0 radical (unpaired) electrons. The van der Waals surface area contributed by atoms with Gasteiger partial charge in [-0.3, -0.25) is 4.79 Å². The van der Waals surface area contributed by atoms with Gasteiger partial charge in [0.05, 0.1) is 10.9 Å². The minimum atomic E-state index is -1.91. The summed E-state index contributed by atoms with van der Waals surface area (Å²) >= 11 is 0. The van der Waals surface area contributed by atoms with Crippen LogP contribution in [0.5, 0.6) is 5.75 Å². The van der Waals surface area contributed by atoms with E-state index in [4.69, 9.17) is 0 Å². The van der Waals surface area contributed by atoms with Crippen LogP contribution in [-0.4, -0.2) is 20.7 Å². The molecule has 0 atom stereocenters. The average Bonchev–Trinajstić information content (AvgIpc) is 3.33. The number of nitrogens with zero attached hydrogens (tertiary/aromatic N) is 1. The molecule has 0 spiro atoms. The van der Waals surface area contributed by atoms with Gasteiger partial charge in [0, 0.05) is 11.7 Å². The standard InChI is InChI=1S/C15H12F3NO4/c1-2-6-7(15(22)23)13(20)8-12(19(6)5-3-4-5)10(17)9(16)11(18)14(8)21/h5,21H,2-4H2,1H3,(H,22,23). The second-order valence-corrected chi connectivity index (χ2v) is 5.42. The molecule has 2 N–H and O–H groups in total. The summed E-state index contributed by atoms with van der Waals surface area (Å²) in [6, 6.07) is -0.315. The summed E-state index contributed by atoms with van der Waals surface area (Å²) in [6.07, 6.45) is 1.26. The molecule has 1 aromatic carbocycles. The zero-order valence-corrected chi connectivity index (χ0v) is 12.0. The van der Waals surface area contributed by atoms with Crippen molar-refractivity contribution in [3.63, 3.8) is 0 Å². The fourth-order valence-electron chi connectivity index (χ4n) is 2.89. The SMILES string of the molecule is CCc1c(C(=O)O)c(=O)c2c(O)c(F)c(F)c(F)c2n1C1CC1. The third-order valence-electron chi connectivity index (χ3n) is 4.01. The molecule has 1 aliphatic rings. The number of fused-ring (bicyclic) bond motifs is 1. The van der Waals surface area contributed by atoms with Crippen LogP contribution >= 0.6 is 0 Å². The molecule has 2 aromatic rings. The van der Waals surface area contributed by atoms with E-state index in [2.05, 4.69) is 0 Å². The normalized spacial score (nSPS) is 14.4. The van der Waals surface area contributed by atoms with Crippen molar-refractivity contribution in [2.75, 3.05) is 0 Å². The highest BCUT2D eigenvalue weighted by Gasteiger charge is 2.35. The molecule has 3 rings (SSSR count). The Morgan fingerprint density at radius 2 is 1.83 bits per heavy atom. The monoisotopic (exact) mass is 327 g/mol. The third kappa shape index (κ3) is 2.01. The van der Waals surface area contributed by atoms with Gasteiger partial charge in [0.2, 0.25) is 11.2 Å². The van der Waals surface area contributed by atoms with Crippen molar-refractivity contribution in [1.29, 1.82) is 0 Å². The van der Waals surface area contributed by atoms with Crippen molar-refractivity contribution in [2.24, 2.45) is 0 Å². The van der Waals surface area contributed by atoms with Crippen molar-refractivity contribution < 1.29 is 28.2 Å². The van der Waals surface area contributed by atoms with Gasteiger partial charge in [0.15, 0.2) is 17.4 Å². The summed E-state index contributed by atoms with van der Waals surface area (Å²) in [5.41, 5.74) is -2.44. The largest absolute Gasteiger partial charge is 0.504 e. The number of rotatable bonds is 3. The zero-order chi connectivity index (χ0) is 17.0. The molecule has 0 unspecified atom stereocenters. The number of phenolic OH excluding ortho intramolecular Hbond substituents is 1. The van der Waals surface area contributed by atoms with Gasteiger partial charge in [-0.2, -0.15) is 4.39 Å². The molecular formula is C15H12F3NO4. The van der Waals surface area contributed by atoms with Gasteiger partial charge in [-0.25, -0.2) is 13.6 Å². The predicted molar refractivity (Wildman–Crippen MR) is 74.4 cm³/mol. The first kappa shape index (κ1) is 15.4. The Bertz CT molecular complexity index is 916. The number of pyridine rings is 1. The minimum Gasteiger partial charge on any atom is -0.504 e. The molecule has 1 aliphatic carbocycles. The van der Waals surface area contributed by atoms with Crippen molar-refractivity contribution in [3.8, 4) is 5.75 Å². The van der Waals surface area contributed by atoms with Gasteiger partial charge in [-0.15, -0.1) is 0 Å². The Balaban J connectivity index is 2.67. The van der Waals surface area contributed by atoms with E-state index in [0.29, 0.717) is 12.8 Å². The summed E-state index contributed by atoms with van der Waals surface area (Å²) in [5.74, 6) is -8.34. The van der Waals surface area contributed by atoms with Crippen LogP contribution in [0.1, 0.15) is 41.9 Å². The van der Waals surface area contributed by atoms with Crippen LogP contribution in [0.3, 0.4) is 0 Å². The highest BCUT2D eigenvalue weighted by atomic mass is 19.2. The Hall–Kier alpha value is -2.51. The van der Waals surface area contributed by atoms with Gasteiger partial charge < -0.3 is 14.8 Å². The van der Waals surface area contributed by atoms with Gasteiger partial charge in [-0.05, 0) is 19.3 Å². The number of carboxylic acid groups (broad SMARTS) is 1. The smallest absolute Gasteiger partial charge is 0.341 e. The highest BCUT2D eigenvalue weighted by molar-refractivity contribution is 5.96. The second-order valence-electron chi connectivity index (χ2n) is 5.42. The molecule has 0 saturated heterocycles. The molecule has 0 bridgehead atoms. The number of carbonyl (C=O) groups is 1. The molecule has 1 aromatic heterocycles. The van der Waals surface area contributed by atoms with Gasteiger partial charge in [0.1, 0.15) is 5.56 Å². The number of aromatic nitrogens is 1. The average molecular weight is 327 g/mol. The summed E-state index contributed by atoms with van der Waals surface area (Å²) in [4.78, 5) is 23.8.